The largest absolute Gasteiger partial charge is 0.450 e. The van der Waals surface area contributed by atoms with E-state index in [1.54, 1.807) is 16.7 Å². The number of hydrogen-bond acceptors (Lipinski definition) is 4. The first-order valence-corrected chi connectivity index (χ1v) is 8.60. The standard InChI is InChI=1S/C16H32N4O3/c1-5-23-16(22)20-12-10-19(11-13-20)15(21)17-8-6-7-9-18(4)14(2)3/h14H,5-13H2,1-4H3,(H,17,21). The molecule has 0 aliphatic carbocycles. The number of carbonyl (C=O) groups is 2. The van der Waals surface area contributed by atoms with E-state index in [9.17, 15) is 9.59 Å². The highest BCUT2D eigenvalue weighted by atomic mass is 16.6. The molecule has 7 nitrogen and oxygen atoms in total. The number of hydrogen-bond donors (Lipinski definition) is 1. The number of unbranched alkanes of at least 4 members (excludes halogenated alkanes) is 1. The first-order valence-electron chi connectivity index (χ1n) is 8.60. The molecule has 0 aromatic carbocycles. The zero-order valence-electron chi connectivity index (χ0n) is 15.0. The van der Waals surface area contributed by atoms with Gasteiger partial charge in [0.2, 0.25) is 0 Å². The first kappa shape index (κ1) is 19.5. The average Bonchev–Trinajstić information content (AvgIpc) is 2.54. The first-order chi connectivity index (χ1) is 11.0. The second-order valence-corrected chi connectivity index (χ2v) is 6.19. The van der Waals surface area contributed by atoms with Crippen LogP contribution >= 0.6 is 0 Å². The van der Waals surface area contributed by atoms with Gasteiger partial charge < -0.3 is 24.8 Å². The number of carbonyl (C=O) groups excluding carboxylic acids is 2. The van der Waals surface area contributed by atoms with Gasteiger partial charge >= 0.3 is 12.1 Å². The van der Waals surface area contributed by atoms with Crippen LogP contribution in [0.2, 0.25) is 0 Å². The lowest BCUT2D eigenvalue weighted by atomic mass is 10.2. The van der Waals surface area contributed by atoms with Crippen molar-refractivity contribution in [2.24, 2.45) is 0 Å². The predicted molar refractivity (Wildman–Crippen MR) is 90.6 cm³/mol. The number of nitrogens with zero attached hydrogens (tertiary/aromatic N) is 3. The van der Waals surface area contributed by atoms with Gasteiger partial charge in [-0.2, -0.15) is 0 Å². The number of nitrogens with one attached hydrogen (secondary N) is 1. The topological polar surface area (TPSA) is 65.1 Å². The molecule has 134 valence electrons. The Morgan fingerprint density at radius 1 is 1.13 bits per heavy atom. The van der Waals surface area contributed by atoms with Crippen LogP contribution in [0.25, 0.3) is 0 Å². The maximum atomic E-state index is 12.1. The molecule has 0 spiro atoms. The van der Waals surface area contributed by atoms with E-state index in [4.69, 9.17) is 4.74 Å². The highest BCUT2D eigenvalue weighted by Gasteiger charge is 2.24. The molecular formula is C16H32N4O3. The Labute approximate surface area is 139 Å². The number of ether oxygens (including phenoxy) is 1. The van der Waals surface area contributed by atoms with Gasteiger partial charge in [-0.1, -0.05) is 0 Å². The Morgan fingerprint density at radius 2 is 1.74 bits per heavy atom. The molecular weight excluding hydrogens is 296 g/mol. The molecule has 3 amide bonds. The van der Waals surface area contributed by atoms with Crippen LogP contribution in [0.5, 0.6) is 0 Å². The summed E-state index contributed by atoms with van der Waals surface area (Å²) in [6.07, 6.45) is 1.76. The highest BCUT2D eigenvalue weighted by molar-refractivity contribution is 5.75. The second kappa shape index (κ2) is 10.3. The quantitative estimate of drug-likeness (QED) is 0.721. The Kier molecular flexibility index (Phi) is 8.76. The Hall–Kier alpha value is -1.50. The molecule has 0 atom stereocenters. The van der Waals surface area contributed by atoms with Crippen molar-refractivity contribution < 1.29 is 14.3 Å². The lowest BCUT2D eigenvalue weighted by molar-refractivity contribution is 0.0852. The van der Waals surface area contributed by atoms with E-state index in [1.807, 2.05) is 0 Å². The summed E-state index contributed by atoms with van der Waals surface area (Å²) in [5.41, 5.74) is 0. The monoisotopic (exact) mass is 328 g/mol. The van der Waals surface area contributed by atoms with E-state index in [2.05, 4.69) is 31.1 Å². The third-order valence-corrected chi connectivity index (χ3v) is 4.19. The van der Waals surface area contributed by atoms with Gasteiger partial charge in [-0.15, -0.1) is 0 Å². The van der Waals surface area contributed by atoms with Gasteiger partial charge in [0, 0.05) is 38.8 Å². The van der Waals surface area contributed by atoms with Crippen LogP contribution in [0.15, 0.2) is 0 Å². The summed E-state index contributed by atoms with van der Waals surface area (Å²) in [6.45, 7) is 10.5. The van der Waals surface area contributed by atoms with Crippen molar-refractivity contribution in [3.05, 3.63) is 0 Å². The van der Waals surface area contributed by atoms with Crippen LogP contribution < -0.4 is 5.32 Å². The van der Waals surface area contributed by atoms with E-state index in [1.165, 1.54) is 0 Å². The molecule has 1 N–H and O–H groups in total. The molecule has 0 aromatic heterocycles. The van der Waals surface area contributed by atoms with Crippen molar-refractivity contribution in [2.75, 3.05) is 52.9 Å². The van der Waals surface area contributed by atoms with Crippen LogP contribution in [0, 0.1) is 0 Å². The van der Waals surface area contributed by atoms with Crippen molar-refractivity contribution in [2.45, 2.75) is 39.7 Å². The molecule has 0 unspecified atom stereocenters. The SMILES string of the molecule is CCOC(=O)N1CCN(C(=O)NCCCCN(C)C(C)C)CC1. The fraction of sp³-hybridized carbons (Fsp3) is 0.875. The van der Waals surface area contributed by atoms with E-state index in [0.717, 1.165) is 19.4 Å². The maximum Gasteiger partial charge on any atom is 0.409 e. The number of rotatable bonds is 7. The number of amides is 3. The number of urea groups is 1. The van der Waals surface area contributed by atoms with Crippen LogP contribution in [-0.2, 0) is 4.74 Å². The summed E-state index contributed by atoms with van der Waals surface area (Å²) in [5, 5.41) is 2.96. The van der Waals surface area contributed by atoms with E-state index >= 15 is 0 Å². The molecule has 1 rings (SSSR count). The number of piperazine rings is 1. The zero-order valence-corrected chi connectivity index (χ0v) is 15.0. The predicted octanol–water partition coefficient (Wildman–Crippen LogP) is 1.59. The van der Waals surface area contributed by atoms with E-state index < -0.39 is 0 Å². The molecule has 1 aliphatic rings. The molecule has 1 aliphatic heterocycles. The van der Waals surface area contributed by atoms with Crippen molar-refractivity contribution in [1.82, 2.24) is 20.0 Å². The third-order valence-electron chi connectivity index (χ3n) is 4.19. The minimum absolute atomic E-state index is 0.0364. The fourth-order valence-electron chi connectivity index (χ4n) is 2.36. The minimum atomic E-state index is -0.290. The summed E-state index contributed by atoms with van der Waals surface area (Å²) < 4.78 is 4.97. The van der Waals surface area contributed by atoms with Crippen LogP contribution in [0.3, 0.4) is 0 Å². The summed E-state index contributed by atoms with van der Waals surface area (Å²) >= 11 is 0. The highest BCUT2D eigenvalue weighted by Crippen LogP contribution is 2.04. The maximum absolute atomic E-state index is 12.1. The summed E-state index contributed by atoms with van der Waals surface area (Å²) in [4.78, 5) is 29.4. The van der Waals surface area contributed by atoms with Gasteiger partial charge in [-0.05, 0) is 47.2 Å². The molecule has 0 saturated carbocycles. The minimum Gasteiger partial charge on any atom is -0.450 e. The van der Waals surface area contributed by atoms with Crippen molar-refractivity contribution in [3.63, 3.8) is 0 Å². The average molecular weight is 328 g/mol. The van der Waals surface area contributed by atoms with Crippen molar-refractivity contribution in [1.29, 1.82) is 0 Å². The lowest BCUT2D eigenvalue weighted by Crippen LogP contribution is -2.53. The van der Waals surface area contributed by atoms with E-state index in [0.29, 0.717) is 45.4 Å². The van der Waals surface area contributed by atoms with Gasteiger partial charge in [-0.25, -0.2) is 9.59 Å². The Balaban J connectivity index is 2.14. The fourth-order valence-corrected chi connectivity index (χ4v) is 2.36. The summed E-state index contributed by atoms with van der Waals surface area (Å²) in [5.74, 6) is 0. The second-order valence-electron chi connectivity index (χ2n) is 6.19. The third kappa shape index (κ3) is 7.07. The van der Waals surface area contributed by atoms with Gasteiger partial charge in [0.25, 0.3) is 0 Å². The molecule has 0 radical (unpaired) electrons. The Bertz CT molecular complexity index is 368. The summed E-state index contributed by atoms with van der Waals surface area (Å²) in [6, 6.07) is 0.519. The van der Waals surface area contributed by atoms with Crippen LogP contribution in [-0.4, -0.2) is 85.8 Å². The molecule has 7 heteroatoms. The van der Waals surface area contributed by atoms with Crippen molar-refractivity contribution in [3.8, 4) is 0 Å². The van der Waals surface area contributed by atoms with Gasteiger partial charge in [0.15, 0.2) is 0 Å². The molecule has 0 bridgehead atoms. The van der Waals surface area contributed by atoms with Gasteiger partial charge in [0.1, 0.15) is 0 Å². The van der Waals surface area contributed by atoms with Crippen LogP contribution in [0.1, 0.15) is 33.6 Å². The molecule has 0 aromatic rings. The summed E-state index contributed by atoms with van der Waals surface area (Å²) in [7, 11) is 2.12. The van der Waals surface area contributed by atoms with Crippen molar-refractivity contribution >= 4 is 12.1 Å². The Morgan fingerprint density at radius 3 is 2.30 bits per heavy atom. The molecule has 1 heterocycles. The molecule has 1 saturated heterocycles. The molecule has 23 heavy (non-hydrogen) atoms. The van der Waals surface area contributed by atoms with Gasteiger partial charge in [-0.3, -0.25) is 0 Å². The lowest BCUT2D eigenvalue weighted by Gasteiger charge is -2.34. The zero-order chi connectivity index (χ0) is 17.2. The normalized spacial score (nSPS) is 15.2. The smallest absolute Gasteiger partial charge is 0.409 e. The van der Waals surface area contributed by atoms with E-state index in [-0.39, 0.29) is 12.1 Å². The molecule has 1 fully saturated rings. The van der Waals surface area contributed by atoms with Crippen LogP contribution in [0.4, 0.5) is 9.59 Å². The van der Waals surface area contributed by atoms with Gasteiger partial charge in [0.05, 0.1) is 6.61 Å².